The average Bonchev–Trinajstić information content (AvgIpc) is 2.08. The van der Waals surface area contributed by atoms with E-state index in [1.165, 1.54) is 0 Å². The standard InChI is InChI=1S/C9H7FO3/c1-5(9(12)13)7-4-6(10)2-3-8(7)11/h2-4,11H,1H2,(H,12,13). The molecule has 0 fully saturated rings. The van der Waals surface area contributed by atoms with E-state index in [4.69, 9.17) is 10.2 Å². The Morgan fingerprint density at radius 3 is 2.62 bits per heavy atom. The van der Waals surface area contributed by atoms with Crippen LogP contribution in [0.4, 0.5) is 4.39 Å². The lowest BCUT2D eigenvalue weighted by Crippen LogP contribution is -1.98. The van der Waals surface area contributed by atoms with Crippen molar-refractivity contribution in [3.05, 3.63) is 36.2 Å². The fourth-order valence-corrected chi connectivity index (χ4v) is 0.865. The van der Waals surface area contributed by atoms with Gasteiger partial charge < -0.3 is 10.2 Å². The Labute approximate surface area is 73.8 Å². The highest BCUT2D eigenvalue weighted by atomic mass is 19.1. The number of carboxylic acid groups (broad SMARTS) is 1. The molecule has 0 saturated carbocycles. The first-order valence-electron chi connectivity index (χ1n) is 3.43. The molecule has 0 saturated heterocycles. The first kappa shape index (κ1) is 9.25. The molecule has 0 aliphatic carbocycles. The topological polar surface area (TPSA) is 57.5 Å². The summed E-state index contributed by atoms with van der Waals surface area (Å²) in [5.41, 5.74) is -0.440. The molecule has 0 bridgehead atoms. The zero-order chi connectivity index (χ0) is 10.0. The molecule has 1 aromatic carbocycles. The molecule has 0 aliphatic rings. The molecule has 1 rings (SSSR count). The van der Waals surface area contributed by atoms with Crippen LogP contribution in [0, 0.1) is 5.82 Å². The number of aliphatic carboxylic acids is 1. The summed E-state index contributed by atoms with van der Waals surface area (Å²) in [7, 11) is 0. The molecule has 0 atom stereocenters. The van der Waals surface area contributed by atoms with Crippen LogP contribution in [0.2, 0.25) is 0 Å². The second-order valence-corrected chi connectivity index (χ2v) is 2.45. The van der Waals surface area contributed by atoms with Gasteiger partial charge in [0.2, 0.25) is 0 Å². The van der Waals surface area contributed by atoms with Crippen molar-refractivity contribution in [2.45, 2.75) is 0 Å². The summed E-state index contributed by atoms with van der Waals surface area (Å²) in [5, 5.41) is 17.7. The SMILES string of the molecule is C=C(C(=O)O)c1cc(F)ccc1O. The van der Waals surface area contributed by atoms with E-state index < -0.39 is 11.8 Å². The molecule has 68 valence electrons. The maximum absolute atomic E-state index is 12.6. The number of phenolic OH excluding ortho intramolecular Hbond substituents is 1. The van der Waals surface area contributed by atoms with Gasteiger partial charge in [0, 0.05) is 5.56 Å². The summed E-state index contributed by atoms with van der Waals surface area (Å²) in [6.07, 6.45) is 0. The van der Waals surface area contributed by atoms with Gasteiger partial charge in [-0.05, 0) is 18.2 Å². The molecule has 0 amide bonds. The van der Waals surface area contributed by atoms with Crippen molar-refractivity contribution in [3.63, 3.8) is 0 Å². The van der Waals surface area contributed by atoms with Crippen molar-refractivity contribution in [2.24, 2.45) is 0 Å². The predicted octanol–water partition coefficient (Wildman–Crippen LogP) is 1.63. The molecule has 2 N–H and O–H groups in total. The van der Waals surface area contributed by atoms with E-state index in [0.717, 1.165) is 18.2 Å². The molecule has 0 unspecified atom stereocenters. The molecule has 0 aliphatic heterocycles. The number of carboxylic acids is 1. The van der Waals surface area contributed by atoms with Crippen molar-refractivity contribution in [1.29, 1.82) is 0 Å². The predicted molar refractivity (Wildman–Crippen MR) is 44.7 cm³/mol. The maximum Gasteiger partial charge on any atom is 0.335 e. The number of hydrogen-bond acceptors (Lipinski definition) is 2. The molecule has 0 aromatic heterocycles. The highest BCUT2D eigenvalue weighted by molar-refractivity contribution is 6.15. The van der Waals surface area contributed by atoms with Gasteiger partial charge in [-0.25, -0.2) is 9.18 Å². The highest BCUT2D eigenvalue weighted by Crippen LogP contribution is 2.24. The third-order valence-corrected chi connectivity index (χ3v) is 1.54. The Morgan fingerprint density at radius 2 is 2.08 bits per heavy atom. The number of carbonyl (C=O) groups is 1. The van der Waals surface area contributed by atoms with Crippen molar-refractivity contribution >= 4 is 11.5 Å². The Morgan fingerprint density at radius 1 is 1.46 bits per heavy atom. The number of rotatable bonds is 2. The van der Waals surface area contributed by atoms with E-state index in [1.54, 1.807) is 0 Å². The first-order valence-corrected chi connectivity index (χ1v) is 3.43. The number of halogens is 1. The number of benzene rings is 1. The van der Waals surface area contributed by atoms with Gasteiger partial charge in [-0.2, -0.15) is 0 Å². The van der Waals surface area contributed by atoms with Crippen molar-refractivity contribution in [2.75, 3.05) is 0 Å². The fourth-order valence-electron chi connectivity index (χ4n) is 0.865. The molecule has 0 heterocycles. The van der Waals surface area contributed by atoms with Gasteiger partial charge in [-0.3, -0.25) is 0 Å². The van der Waals surface area contributed by atoms with Crippen molar-refractivity contribution in [1.82, 2.24) is 0 Å². The normalized spacial score (nSPS) is 9.62. The second-order valence-electron chi connectivity index (χ2n) is 2.45. The minimum absolute atomic E-state index is 0.104. The van der Waals surface area contributed by atoms with Gasteiger partial charge in [0.25, 0.3) is 0 Å². The molecule has 4 heteroatoms. The third-order valence-electron chi connectivity index (χ3n) is 1.54. The minimum atomic E-state index is -1.29. The Hall–Kier alpha value is -1.84. The van der Waals surface area contributed by atoms with Crippen LogP contribution in [0.25, 0.3) is 5.57 Å². The molecule has 0 radical (unpaired) electrons. The molecule has 1 aromatic rings. The first-order chi connectivity index (χ1) is 6.02. The van der Waals surface area contributed by atoms with E-state index in [1.807, 2.05) is 0 Å². The fraction of sp³-hybridized carbons (Fsp3) is 0. The third kappa shape index (κ3) is 1.84. The molecule has 3 nitrogen and oxygen atoms in total. The lowest BCUT2D eigenvalue weighted by Gasteiger charge is -2.03. The van der Waals surface area contributed by atoms with Crippen molar-refractivity contribution < 1.29 is 19.4 Å². The summed E-state index contributed by atoms with van der Waals surface area (Å²) in [5.74, 6) is -2.20. The summed E-state index contributed by atoms with van der Waals surface area (Å²) in [4.78, 5) is 10.4. The molecule has 13 heavy (non-hydrogen) atoms. The minimum Gasteiger partial charge on any atom is -0.507 e. The zero-order valence-electron chi connectivity index (χ0n) is 6.62. The average molecular weight is 182 g/mol. The van der Waals surface area contributed by atoms with Gasteiger partial charge in [0.1, 0.15) is 11.6 Å². The Bertz CT molecular complexity index is 371. The summed E-state index contributed by atoms with van der Waals surface area (Å²) in [6, 6.07) is 3.04. The quantitative estimate of drug-likeness (QED) is 0.683. The Balaban J connectivity index is 3.21. The molecule has 0 spiro atoms. The second kappa shape index (κ2) is 3.26. The van der Waals surface area contributed by atoms with Crippen LogP contribution in [0.1, 0.15) is 5.56 Å². The number of phenols is 1. The van der Waals surface area contributed by atoms with Gasteiger partial charge >= 0.3 is 5.97 Å². The van der Waals surface area contributed by atoms with Crippen LogP contribution in [-0.2, 0) is 4.79 Å². The summed E-state index contributed by atoms with van der Waals surface area (Å²) >= 11 is 0. The Kier molecular flexibility index (Phi) is 2.32. The largest absolute Gasteiger partial charge is 0.507 e. The lowest BCUT2D eigenvalue weighted by molar-refractivity contribution is -0.130. The van der Waals surface area contributed by atoms with Crippen molar-refractivity contribution in [3.8, 4) is 5.75 Å². The highest BCUT2D eigenvalue weighted by Gasteiger charge is 2.12. The molecular formula is C9H7FO3. The van der Waals surface area contributed by atoms with Crippen LogP contribution < -0.4 is 0 Å². The summed E-state index contributed by atoms with van der Waals surface area (Å²) < 4.78 is 12.6. The van der Waals surface area contributed by atoms with E-state index in [2.05, 4.69) is 6.58 Å². The van der Waals surface area contributed by atoms with Crippen LogP contribution in [0.3, 0.4) is 0 Å². The molecular weight excluding hydrogens is 175 g/mol. The zero-order valence-corrected chi connectivity index (χ0v) is 6.62. The number of aromatic hydroxyl groups is 1. The van der Waals surface area contributed by atoms with Gasteiger partial charge in [-0.1, -0.05) is 6.58 Å². The monoisotopic (exact) mass is 182 g/mol. The number of hydrogen-bond donors (Lipinski definition) is 2. The van der Waals surface area contributed by atoms with E-state index in [-0.39, 0.29) is 16.9 Å². The van der Waals surface area contributed by atoms with E-state index in [0.29, 0.717) is 0 Å². The van der Waals surface area contributed by atoms with Crippen LogP contribution in [0.15, 0.2) is 24.8 Å². The van der Waals surface area contributed by atoms with E-state index >= 15 is 0 Å². The smallest absolute Gasteiger partial charge is 0.335 e. The van der Waals surface area contributed by atoms with Gasteiger partial charge in [0.15, 0.2) is 0 Å². The maximum atomic E-state index is 12.6. The summed E-state index contributed by atoms with van der Waals surface area (Å²) in [6.45, 7) is 3.20. The lowest BCUT2D eigenvalue weighted by atomic mass is 10.1. The van der Waals surface area contributed by atoms with E-state index in [9.17, 15) is 9.18 Å². The van der Waals surface area contributed by atoms with Gasteiger partial charge in [-0.15, -0.1) is 0 Å². The van der Waals surface area contributed by atoms with Crippen LogP contribution in [-0.4, -0.2) is 16.2 Å². The van der Waals surface area contributed by atoms with Crippen LogP contribution >= 0.6 is 0 Å². The van der Waals surface area contributed by atoms with Gasteiger partial charge in [0.05, 0.1) is 5.57 Å². The van der Waals surface area contributed by atoms with Crippen LogP contribution in [0.5, 0.6) is 5.75 Å².